The SMILES string of the molecule is C=O.C[P+](=O)O. The van der Waals surface area contributed by atoms with Crippen LogP contribution in [0.4, 0.5) is 0 Å². The lowest BCUT2D eigenvalue weighted by molar-refractivity contribution is -0.0979. The molecule has 0 fully saturated rings. The van der Waals surface area contributed by atoms with Crippen molar-refractivity contribution in [2.45, 2.75) is 0 Å². The van der Waals surface area contributed by atoms with Crippen LogP contribution in [0.2, 0.25) is 0 Å². The maximum Gasteiger partial charge on any atom is 0.502 e. The first kappa shape index (κ1) is 9.21. The van der Waals surface area contributed by atoms with E-state index in [0.29, 0.717) is 0 Å². The fourth-order valence-corrected chi connectivity index (χ4v) is 0. The van der Waals surface area contributed by atoms with Crippen LogP contribution in [0.1, 0.15) is 0 Å². The Morgan fingerprint density at radius 3 is 1.67 bits per heavy atom. The highest BCUT2D eigenvalue weighted by atomic mass is 31.1. The molecule has 1 atom stereocenters. The monoisotopic (exact) mass is 109 g/mol. The molecule has 0 radical (unpaired) electrons. The maximum absolute atomic E-state index is 9.15. The summed E-state index contributed by atoms with van der Waals surface area (Å²) >= 11 is 0. The van der Waals surface area contributed by atoms with Gasteiger partial charge < -0.3 is 4.79 Å². The number of rotatable bonds is 0. The molecule has 6 heavy (non-hydrogen) atoms. The zero-order valence-corrected chi connectivity index (χ0v) is 4.31. The molecule has 4 heteroatoms. The number of hydrogen-bond acceptors (Lipinski definition) is 2. The summed E-state index contributed by atoms with van der Waals surface area (Å²) in [4.78, 5) is 15.6. The van der Waals surface area contributed by atoms with Crippen LogP contribution in [0, 0.1) is 0 Å². The van der Waals surface area contributed by atoms with Crippen molar-refractivity contribution in [1.29, 1.82) is 0 Å². The van der Waals surface area contributed by atoms with E-state index in [1.807, 2.05) is 6.79 Å². The molecule has 1 N–H and O–H groups in total. The number of hydrogen-bond donors (Lipinski definition) is 1. The second-order valence-corrected chi connectivity index (χ2v) is 1.39. The van der Waals surface area contributed by atoms with Gasteiger partial charge in [-0.2, -0.15) is 4.89 Å². The first-order valence-corrected chi connectivity index (χ1v) is 2.78. The van der Waals surface area contributed by atoms with Gasteiger partial charge in [0.1, 0.15) is 6.79 Å². The minimum atomic E-state index is -1.87. The molecule has 0 aliphatic carbocycles. The van der Waals surface area contributed by atoms with Crippen molar-refractivity contribution in [2.75, 3.05) is 6.66 Å². The van der Waals surface area contributed by atoms with Crippen LogP contribution in [0.3, 0.4) is 0 Å². The molecule has 36 valence electrons. The number of carbonyl (C=O) groups excluding carboxylic acids is 1. The van der Waals surface area contributed by atoms with Gasteiger partial charge in [-0.1, -0.05) is 0 Å². The molecule has 3 nitrogen and oxygen atoms in total. The van der Waals surface area contributed by atoms with Crippen molar-refractivity contribution in [2.24, 2.45) is 0 Å². The summed E-state index contributed by atoms with van der Waals surface area (Å²) in [5, 5.41) is 0. The van der Waals surface area contributed by atoms with E-state index in [2.05, 4.69) is 0 Å². The third kappa shape index (κ3) is 381. The van der Waals surface area contributed by atoms with E-state index in [9.17, 15) is 0 Å². The van der Waals surface area contributed by atoms with Gasteiger partial charge in [0.15, 0.2) is 6.66 Å². The molecule has 1 unspecified atom stereocenters. The minimum Gasteiger partial charge on any atom is -0.307 e. The van der Waals surface area contributed by atoms with Crippen molar-refractivity contribution >= 4 is 14.8 Å². The summed E-state index contributed by atoms with van der Waals surface area (Å²) in [6, 6.07) is 0. The van der Waals surface area contributed by atoms with Crippen molar-refractivity contribution in [3.05, 3.63) is 0 Å². The average Bonchev–Trinajstić information content (AvgIpc) is 1.41. The highest BCUT2D eigenvalue weighted by Gasteiger charge is 1.86. The van der Waals surface area contributed by atoms with Gasteiger partial charge >= 0.3 is 8.03 Å². The van der Waals surface area contributed by atoms with Crippen molar-refractivity contribution < 1.29 is 14.3 Å². The zero-order valence-electron chi connectivity index (χ0n) is 3.42. The Kier molecular flexibility index (Phi) is 13.6. The molecule has 0 aromatic rings. The predicted molar refractivity (Wildman–Crippen MR) is 22.9 cm³/mol. The standard InChI is InChI=1S/CH3O2P.CH2O/c1-4(2)3;1-2/h1H3;1H2/p+1. The second-order valence-electron chi connectivity index (χ2n) is 0.464. The minimum absolute atomic E-state index is 1.23. The van der Waals surface area contributed by atoms with Crippen molar-refractivity contribution in [3.8, 4) is 0 Å². The van der Waals surface area contributed by atoms with Crippen LogP contribution in [-0.4, -0.2) is 18.3 Å². The van der Waals surface area contributed by atoms with E-state index in [0.717, 1.165) is 0 Å². The van der Waals surface area contributed by atoms with E-state index in [1.165, 1.54) is 6.66 Å². The molecule has 0 saturated carbocycles. The Hall–Kier alpha value is -0.270. The number of carbonyl (C=O) groups is 1. The van der Waals surface area contributed by atoms with Crippen LogP contribution in [-0.2, 0) is 9.36 Å². The molecule has 0 aliphatic heterocycles. The normalized spacial score (nSPS) is 8.00. The molecule has 0 rings (SSSR count). The Morgan fingerprint density at radius 2 is 1.67 bits per heavy atom. The highest BCUT2D eigenvalue weighted by molar-refractivity contribution is 7.36. The highest BCUT2D eigenvalue weighted by Crippen LogP contribution is 1.99. The summed E-state index contributed by atoms with van der Waals surface area (Å²) < 4.78 is 9.15. The molecule has 0 bridgehead atoms. The third-order valence-electron chi connectivity index (χ3n) is 0. The largest absolute Gasteiger partial charge is 0.502 e. The predicted octanol–water partition coefficient (Wildman–Crippen LogP) is 0.166. The molecule has 0 saturated heterocycles. The Labute approximate surface area is 36.9 Å². The van der Waals surface area contributed by atoms with E-state index >= 15 is 0 Å². The smallest absolute Gasteiger partial charge is 0.307 e. The van der Waals surface area contributed by atoms with Gasteiger partial charge in [0.2, 0.25) is 0 Å². The lowest BCUT2D eigenvalue weighted by atomic mass is 11.9. The molecule has 0 aliphatic rings. The molecule has 0 amide bonds. The molecular formula is C2H6O3P+. The Balaban J connectivity index is 0. The van der Waals surface area contributed by atoms with Crippen LogP contribution in [0.15, 0.2) is 0 Å². The van der Waals surface area contributed by atoms with E-state index in [-0.39, 0.29) is 0 Å². The van der Waals surface area contributed by atoms with Gasteiger partial charge in [-0.15, -0.1) is 0 Å². The fraction of sp³-hybridized carbons (Fsp3) is 0.500. The zero-order chi connectivity index (χ0) is 5.58. The summed E-state index contributed by atoms with van der Waals surface area (Å²) in [5.41, 5.74) is 0. The summed E-state index contributed by atoms with van der Waals surface area (Å²) in [6.45, 7) is 3.23. The average molecular weight is 109 g/mol. The van der Waals surface area contributed by atoms with Gasteiger partial charge in [0.05, 0.1) is 0 Å². The van der Waals surface area contributed by atoms with Gasteiger partial charge in [-0.3, -0.25) is 0 Å². The first-order valence-electron chi connectivity index (χ1n) is 1.12. The third-order valence-corrected chi connectivity index (χ3v) is 0. The fourth-order valence-electron chi connectivity index (χ4n) is 0. The van der Waals surface area contributed by atoms with Crippen molar-refractivity contribution in [3.63, 3.8) is 0 Å². The maximum atomic E-state index is 9.15. The van der Waals surface area contributed by atoms with Gasteiger partial charge in [0.25, 0.3) is 0 Å². The molecule has 0 spiro atoms. The summed E-state index contributed by atoms with van der Waals surface area (Å²) in [7, 11) is -1.87. The first-order chi connectivity index (χ1) is 2.73. The molecular weight excluding hydrogens is 103 g/mol. The quantitative estimate of drug-likeness (QED) is 0.451. The van der Waals surface area contributed by atoms with Crippen LogP contribution in [0.5, 0.6) is 0 Å². The Morgan fingerprint density at radius 1 is 1.67 bits per heavy atom. The van der Waals surface area contributed by atoms with Gasteiger partial charge in [-0.25, -0.2) is 0 Å². The summed E-state index contributed by atoms with van der Waals surface area (Å²) in [6.07, 6.45) is 0. The molecule has 0 aromatic heterocycles. The summed E-state index contributed by atoms with van der Waals surface area (Å²) in [5.74, 6) is 0. The lowest BCUT2D eigenvalue weighted by Crippen LogP contribution is -1.35. The topological polar surface area (TPSA) is 54.4 Å². The van der Waals surface area contributed by atoms with Crippen LogP contribution >= 0.6 is 8.03 Å². The van der Waals surface area contributed by atoms with Gasteiger partial charge in [0, 0.05) is 0 Å². The Bertz CT molecular complexity index is 40.1. The lowest BCUT2D eigenvalue weighted by Gasteiger charge is -1.36. The van der Waals surface area contributed by atoms with Gasteiger partial charge in [-0.05, 0) is 4.57 Å². The van der Waals surface area contributed by atoms with E-state index < -0.39 is 8.03 Å². The van der Waals surface area contributed by atoms with Crippen LogP contribution in [0.25, 0.3) is 0 Å². The molecule has 0 aromatic carbocycles. The molecule has 0 heterocycles. The van der Waals surface area contributed by atoms with E-state index in [1.54, 1.807) is 0 Å². The van der Waals surface area contributed by atoms with Crippen LogP contribution < -0.4 is 0 Å². The van der Waals surface area contributed by atoms with Crippen molar-refractivity contribution in [1.82, 2.24) is 0 Å². The van der Waals surface area contributed by atoms with E-state index in [4.69, 9.17) is 14.3 Å². The second kappa shape index (κ2) is 8.83.